The standard InChI is InChI=1S/C12H25N3O.ClH/c1-11(2)3-4-12(16)14-7-10-15-8-5-13-6-9-15;/h11,13H,3-10H2,1-2H3,(H,14,16);1H. The second kappa shape index (κ2) is 9.68. The number of carbonyl (C=O) groups is 1. The zero-order valence-corrected chi connectivity index (χ0v) is 11.8. The molecule has 102 valence electrons. The average Bonchev–Trinajstić information content (AvgIpc) is 2.28. The van der Waals surface area contributed by atoms with Gasteiger partial charge in [0, 0.05) is 45.7 Å². The number of piperazine rings is 1. The van der Waals surface area contributed by atoms with Crippen LogP contribution in [0.25, 0.3) is 0 Å². The van der Waals surface area contributed by atoms with Crippen molar-refractivity contribution in [3.05, 3.63) is 0 Å². The summed E-state index contributed by atoms with van der Waals surface area (Å²) in [5.41, 5.74) is 0. The fraction of sp³-hybridized carbons (Fsp3) is 0.917. The highest BCUT2D eigenvalue weighted by Crippen LogP contribution is 2.02. The van der Waals surface area contributed by atoms with E-state index < -0.39 is 0 Å². The van der Waals surface area contributed by atoms with Gasteiger partial charge >= 0.3 is 0 Å². The first-order valence-corrected chi connectivity index (χ1v) is 6.38. The Hall–Kier alpha value is -0.320. The minimum Gasteiger partial charge on any atom is -0.355 e. The van der Waals surface area contributed by atoms with E-state index in [4.69, 9.17) is 0 Å². The van der Waals surface area contributed by atoms with Crippen LogP contribution in [0.2, 0.25) is 0 Å². The van der Waals surface area contributed by atoms with Crippen LogP contribution in [0.15, 0.2) is 0 Å². The van der Waals surface area contributed by atoms with Crippen molar-refractivity contribution < 1.29 is 4.79 Å². The van der Waals surface area contributed by atoms with Crippen LogP contribution in [0.3, 0.4) is 0 Å². The van der Waals surface area contributed by atoms with Gasteiger partial charge in [-0.3, -0.25) is 9.69 Å². The molecule has 0 aromatic rings. The highest BCUT2D eigenvalue weighted by molar-refractivity contribution is 5.85. The number of rotatable bonds is 6. The summed E-state index contributed by atoms with van der Waals surface area (Å²) in [5.74, 6) is 0.808. The fourth-order valence-electron chi connectivity index (χ4n) is 1.80. The molecule has 1 saturated heterocycles. The van der Waals surface area contributed by atoms with E-state index in [2.05, 4.69) is 29.4 Å². The first kappa shape index (κ1) is 16.7. The van der Waals surface area contributed by atoms with Gasteiger partial charge in [0.1, 0.15) is 0 Å². The van der Waals surface area contributed by atoms with Crippen LogP contribution in [0.1, 0.15) is 26.7 Å². The summed E-state index contributed by atoms with van der Waals surface area (Å²) in [5, 5.41) is 6.30. The van der Waals surface area contributed by atoms with Crippen LogP contribution in [-0.4, -0.2) is 50.1 Å². The van der Waals surface area contributed by atoms with Crippen molar-refractivity contribution in [3.63, 3.8) is 0 Å². The predicted molar refractivity (Wildman–Crippen MR) is 73.6 cm³/mol. The molecule has 0 spiro atoms. The van der Waals surface area contributed by atoms with Crippen molar-refractivity contribution in [1.29, 1.82) is 0 Å². The number of amides is 1. The maximum Gasteiger partial charge on any atom is 0.220 e. The number of nitrogens with one attached hydrogen (secondary N) is 2. The molecule has 0 bridgehead atoms. The SMILES string of the molecule is CC(C)CCC(=O)NCCN1CCNCC1.Cl. The highest BCUT2D eigenvalue weighted by Gasteiger charge is 2.09. The number of carbonyl (C=O) groups excluding carboxylic acids is 1. The molecule has 1 aliphatic rings. The average molecular weight is 264 g/mol. The molecule has 1 fully saturated rings. The Morgan fingerprint density at radius 3 is 2.59 bits per heavy atom. The van der Waals surface area contributed by atoms with E-state index in [9.17, 15) is 4.79 Å². The number of nitrogens with zero attached hydrogens (tertiary/aromatic N) is 1. The monoisotopic (exact) mass is 263 g/mol. The van der Waals surface area contributed by atoms with Gasteiger partial charge in [-0.15, -0.1) is 12.4 Å². The third-order valence-electron chi connectivity index (χ3n) is 2.91. The summed E-state index contributed by atoms with van der Waals surface area (Å²) in [6, 6.07) is 0. The van der Waals surface area contributed by atoms with Crippen molar-refractivity contribution in [3.8, 4) is 0 Å². The smallest absolute Gasteiger partial charge is 0.220 e. The predicted octanol–water partition coefficient (Wildman–Crippen LogP) is 0.866. The van der Waals surface area contributed by atoms with Gasteiger partial charge in [-0.05, 0) is 12.3 Å². The van der Waals surface area contributed by atoms with Crippen molar-refractivity contribution >= 4 is 18.3 Å². The molecule has 5 heteroatoms. The quantitative estimate of drug-likeness (QED) is 0.747. The Kier molecular flexibility index (Phi) is 9.50. The van der Waals surface area contributed by atoms with Gasteiger partial charge < -0.3 is 10.6 Å². The molecule has 0 unspecified atom stereocenters. The van der Waals surface area contributed by atoms with Gasteiger partial charge in [0.25, 0.3) is 0 Å². The first-order valence-electron chi connectivity index (χ1n) is 6.38. The molecule has 1 aliphatic heterocycles. The zero-order valence-electron chi connectivity index (χ0n) is 11.0. The Morgan fingerprint density at radius 1 is 1.35 bits per heavy atom. The zero-order chi connectivity index (χ0) is 11.8. The second-order valence-electron chi connectivity index (χ2n) is 4.87. The molecule has 0 radical (unpaired) electrons. The van der Waals surface area contributed by atoms with Crippen LogP contribution in [0.4, 0.5) is 0 Å². The summed E-state index contributed by atoms with van der Waals surface area (Å²) in [6.45, 7) is 10.4. The van der Waals surface area contributed by atoms with Gasteiger partial charge in [0.2, 0.25) is 5.91 Å². The fourth-order valence-corrected chi connectivity index (χ4v) is 1.80. The molecule has 2 N–H and O–H groups in total. The maximum atomic E-state index is 11.4. The Labute approximate surface area is 111 Å². The normalized spacial score (nSPS) is 16.6. The van der Waals surface area contributed by atoms with Crippen molar-refractivity contribution in [1.82, 2.24) is 15.5 Å². The van der Waals surface area contributed by atoms with Gasteiger partial charge in [0.05, 0.1) is 0 Å². The lowest BCUT2D eigenvalue weighted by atomic mass is 10.1. The van der Waals surface area contributed by atoms with E-state index in [0.29, 0.717) is 12.3 Å². The summed E-state index contributed by atoms with van der Waals surface area (Å²) in [4.78, 5) is 13.8. The summed E-state index contributed by atoms with van der Waals surface area (Å²) in [7, 11) is 0. The van der Waals surface area contributed by atoms with Crippen molar-refractivity contribution in [2.75, 3.05) is 39.3 Å². The van der Waals surface area contributed by atoms with E-state index >= 15 is 0 Å². The van der Waals surface area contributed by atoms with Gasteiger partial charge in [-0.2, -0.15) is 0 Å². The molecule has 4 nitrogen and oxygen atoms in total. The Balaban J connectivity index is 0.00000256. The van der Waals surface area contributed by atoms with E-state index in [1.54, 1.807) is 0 Å². The molecule has 1 amide bonds. The largest absolute Gasteiger partial charge is 0.355 e. The first-order chi connectivity index (χ1) is 7.68. The van der Waals surface area contributed by atoms with Crippen LogP contribution in [0.5, 0.6) is 0 Å². The molecule has 0 aromatic heterocycles. The second-order valence-corrected chi connectivity index (χ2v) is 4.87. The van der Waals surface area contributed by atoms with E-state index in [1.165, 1.54) is 0 Å². The van der Waals surface area contributed by atoms with Gasteiger partial charge in [-0.1, -0.05) is 13.8 Å². The van der Waals surface area contributed by atoms with Gasteiger partial charge in [0.15, 0.2) is 0 Å². The molecular weight excluding hydrogens is 238 g/mol. The molecule has 0 saturated carbocycles. The van der Waals surface area contributed by atoms with Crippen molar-refractivity contribution in [2.24, 2.45) is 5.92 Å². The maximum absolute atomic E-state index is 11.4. The van der Waals surface area contributed by atoms with Crippen LogP contribution >= 0.6 is 12.4 Å². The van der Waals surface area contributed by atoms with Crippen LogP contribution in [-0.2, 0) is 4.79 Å². The minimum atomic E-state index is 0. The topological polar surface area (TPSA) is 44.4 Å². The molecule has 0 aliphatic carbocycles. The summed E-state index contributed by atoms with van der Waals surface area (Å²) >= 11 is 0. The molecule has 0 aromatic carbocycles. The van der Waals surface area contributed by atoms with Crippen molar-refractivity contribution in [2.45, 2.75) is 26.7 Å². The van der Waals surface area contributed by atoms with Gasteiger partial charge in [-0.25, -0.2) is 0 Å². The summed E-state index contributed by atoms with van der Waals surface area (Å²) < 4.78 is 0. The molecule has 17 heavy (non-hydrogen) atoms. The minimum absolute atomic E-state index is 0. The van der Waals surface area contributed by atoms with Crippen LogP contribution in [0, 0.1) is 5.92 Å². The lowest BCUT2D eigenvalue weighted by Gasteiger charge is -2.27. The lowest BCUT2D eigenvalue weighted by Crippen LogP contribution is -2.46. The number of hydrogen-bond acceptors (Lipinski definition) is 3. The Morgan fingerprint density at radius 2 is 2.00 bits per heavy atom. The third-order valence-corrected chi connectivity index (χ3v) is 2.91. The lowest BCUT2D eigenvalue weighted by molar-refractivity contribution is -0.121. The number of hydrogen-bond donors (Lipinski definition) is 2. The summed E-state index contributed by atoms with van der Waals surface area (Å²) in [6.07, 6.45) is 1.65. The highest BCUT2D eigenvalue weighted by atomic mass is 35.5. The molecule has 0 atom stereocenters. The van der Waals surface area contributed by atoms with E-state index in [1.807, 2.05) is 0 Å². The molecule has 1 heterocycles. The third kappa shape index (κ3) is 8.41. The molecule has 1 rings (SSSR count). The number of halogens is 1. The van der Waals surface area contributed by atoms with Crippen LogP contribution < -0.4 is 10.6 Å². The van der Waals surface area contributed by atoms with E-state index in [0.717, 1.165) is 45.7 Å². The Bertz CT molecular complexity index is 206. The molecular formula is C12H26ClN3O. The van der Waals surface area contributed by atoms with E-state index in [-0.39, 0.29) is 18.3 Å².